The van der Waals surface area contributed by atoms with Crippen LogP contribution in [0.3, 0.4) is 0 Å². The predicted molar refractivity (Wildman–Crippen MR) is 91.4 cm³/mol. The number of non-ortho nitro benzene ring substituents is 1. The Kier molecular flexibility index (Phi) is 3.97. The maximum absolute atomic E-state index is 12.3. The van der Waals surface area contributed by atoms with Crippen LogP contribution in [0.25, 0.3) is 10.1 Å². The molecule has 8 heteroatoms. The number of fused-ring (bicyclic) bond motifs is 1. The van der Waals surface area contributed by atoms with Crippen LogP contribution in [0, 0.1) is 10.1 Å². The van der Waals surface area contributed by atoms with Crippen LogP contribution in [-0.4, -0.2) is 16.7 Å². The molecule has 0 fully saturated rings. The highest BCUT2D eigenvalue weighted by molar-refractivity contribution is 7.20. The zero-order valence-corrected chi connectivity index (χ0v) is 13.0. The van der Waals surface area contributed by atoms with Gasteiger partial charge in [0.15, 0.2) is 0 Å². The maximum atomic E-state index is 12.3. The molecule has 0 aliphatic rings. The monoisotopic (exact) mass is 341 g/mol. The van der Waals surface area contributed by atoms with Crippen molar-refractivity contribution in [3.8, 4) is 0 Å². The number of nitro groups is 1. The predicted octanol–water partition coefficient (Wildman–Crippen LogP) is 3.16. The number of nitrogens with two attached hydrogens (primary N) is 1. The molecule has 0 spiro atoms. The lowest BCUT2D eigenvalue weighted by molar-refractivity contribution is -0.384. The number of anilines is 1. The van der Waals surface area contributed by atoms with Crippen LogP contribution in [0.15, 0.2) is 48.5 Å². The fourth-order valence-electron chi connectivity index (χ4n) is 2.17. The first-order chi connectivity index (χ1) is 11.4. The van der Waals surface area contributed by atoms with Gasteiger partial charge in [0.2, 0.25) is 5.91 Å². The summed E-state index contributed by atoms with van der Waals surface area (Å²) in [5.41, 5.74) is 6.01. The number of hydrogen-bond acceptors (Lipinski definition) is 5. The lowest BCUT2D eigenvalue weighted by Crippen LogP contribution is -2.12. The first-order valence-corrected chi connectivity index (χ1v) is 7.65. The van der Waals surface area contributed by atoms with E-state index in [1.165, 1.54) is 35.6 Å². The molecule has 7 nitrogen and oxygen atoms in total. The minimum absolute atomic E-state index is 0.0192. The van der Waals surface area contributed by atoms with Crippen LogP contribution in [0.2, 0.25) is 0 Å². The number of primary amides is 1. The van der Waals surface area contributed by atoms with Crippen molar-refractivity contribution in [1.82, 2.24) is 0 Å². The summed E-state index contributed by atoms with van der Waals surface area (Å²) in [6, 6.07) is 12.3. The number of nitrogens with zero attached hydrogens (tertiary/aromatic N) is 1. The second kappa shape index (κ2) is 6.09. The minimum Gasteiger partial charge on any atom is -0.366 e. The SMILES string of the molecule is NC(=O)c1ccc(NC(=O)c2cc3cc([N+](=O)[O-])ccc3s2)cc1. The van der Waals surface area contributed by atoms with E-state index in [1.54, 1.807) is 24.3 Å². The molecule has 3 N–H and O–H groups in total. The van der Waals surface area contributed by atoms with Gasteiger partial charge >= 0.3 is 0 Å². The number of nitrogens with one attached hydrogen (secondary N) is 1. The largest absolute Gasteiger partial charge is 0.366 e. The van der Waals surface area contributed by atoms with Gasteiger partial charge in [-0.25, -0.2) is 0 Å². The molecule has 120 valence electrons. The van der Waals surface area contributed by atoms with Crippen molar-refractivity contribution in [2.45, 2.75) is 0 Å². The molecular weight excluding hydrogens is 330 g/mol. The minimum atomic E-state index is -0.543. The van der Waals surface area contributed by atoms with Gasteiger partial charge < -0.3 is 11.1 Å². The lowest BCUT2D eigenvalue weighted by Gasteiger charge is -2.03. The molecule has 0 radical (unpaired) electrons. The van der Waals surface area contributed by atoms with Gasteiger partial charge in [0.05, 0.1) is 9.80 Å². The number of hydrogen-bond donors (Lipinski definition) is 2. The zero-order chi connectivity index (χ0) is 17.3. The first kappa shape index (κ1) is 15.6. The molecule has 3 rings (SSSR count). The number of thiophene rings is 1. The number of rotatable bonds is 4. The van der Waals surface area contributed by atoms with Crippen molar-refractivity contribution in [3.05, 3.63) is 69.1 Å². The molecule has 2 aromatic carbocycles. The van der Waals surface area contributed by atoms with Gasteiger partial charge in [-0.1, -0.05) is 0 Å². The van der Waals surface area contributed by atoms with Crippen LogP contribution in [0.4, 0.5) is 11.4 Å². The second-order valence-corrected chi connectivity index (χ2v) is 6.07. The third-order valence-electron chi connectivity index (χ3n) is 3.36. The normalized spacial score (nSPS) is 10.5. The number of nitro benzene ring substituents is 1. The van der Waals surface area contributed by atoms with E-state index in [2.05, 4.69) is 5.32 Å². The number of benzene rings is 2. The second-order valence-electron chi connectivity index (χ2n) is 4.99. The molecule has 0 atom stereocenters. The lowest BCUT2D eigenvalue weighted by atomic mass is 10.2. The molecule has 1 aromatic heterocycles. The topological polar surface area (TPSA) is 115 Å². The summed E-state index contributed by atoms with van der Waals surface area (Å²) in [6.45, 7) is 0. The fourth-order valence-corrected chi connectivity index (χ4v) is 3.11. The van der Waals surface area contributed by atoms with Gasteiger partial charge in [-0.05, 0) is 36.4 Å². The number of carbonyl (C=O) groups excluding carboxylic acids is 2. The highest BCUT2D eigenvalue weighted by Crippen LogP contribution is 2.29. The van der Waals surface area contributed by atoms with E-state index in [1.807, 2.05) is 0 Å². The van der Waals surface area contributed by atoms with Gasteiger partial charge in [-0.3, -0.25) is 19.7 Å². The smallest absolute Gasteiger partial charge is 0.270 e. The summed E-state index contributed by atoms with van der Waals surface area (Å²) in [5.74, 6) is -0.871. The molecule has 0 bridgehead atoms. The highest BCUT2D eigenvalue weighted by atomic mass is 32.1. The maximum Gasteiger partial charge on any atom is 0.270 e. The molecular formula is C16H11N3O4S. The Balaban J connectivity index is 1.83. The van der Waals surface area contributed by atoms with Crippen molar-refractivity contribution in [2.24, 2.45) is 5.73 Å². The number of carbonyl (C=O) groups is 2. The highest BCUT2D eigenvalue weighted by Gasteiger charge is 2.13. The van der Waals surface area contributed by atoms with Crippen molar-refractivity contribution >= 4 is 44.6 Å². The third-order valence-corrected chi connectivity index (χ3v) is 4.48. The first-order valence-electron chi connectivity index (χ1n) is 6.83. The summed E-state index contributed by atoms with van der Waals surface area (Å²) >= 11 is 1.24. The van der Waals surface area contributed by atoms with Crippen molar-refractivity contribution < 1.29 is 14.5 Å². The molecule has 0 aliphatic carbocycles. The van der Waals surface area contributed by atoms with Gasteiger partial charge in [0, 0.05) is 33.5 Å². The summed E-state index contributed by atoms with van der Waals surface area (Å²) < 4.78 is 0.787. The molecule has 0 saturated heterocycles. The van der Waals surface area contributed by atoms with Crippen LogP contribution in [0.1, 0.15) is 20.0 Å². The fraction of sp³-hybridized carbons (Fsp3) is 0. The average molecular weight is 341 g/mol. The number of amides is 2. The van der Waals surface area contributed by atoms with Crippen molar-refractivity contribution in [1.29, 1.82) is 0 Å². The average Bonchev–Trinajstić information content (AvgIpc) is 2.98. The Morgan fingerprint density at radius 1 is 1.08 bits per heavy atom. The zero-order valence-electron chi connectivity index (χ0n) is 12.2. The summed E-state index contributed by atoms with van der Waals surface area (Å²) in [5, 5.41) is 14.1. The quantitative estimate of drug-likeness (QED) is 0.560. The van der Waals surface area contributed by atoms with E-state index in [0.29, 0.717) is 21.5 Å². The van der Waals surface area contributed by atoms with E-state index in [0.717, 1.165) is 4.70 Å². The van der Waals surface area contributed by atoms with Gasteiger partial charge in [-0.2, -0.15) is 0 Å². The Hall–Kier alpha value is -3.26. The van der Waals surface area contributed by atoms with E-state index < -0.39 is 10.8 Å². The van der Waals surface area contributed by atoms with E-state index >= 15 is 0 Å². The molecule has 1 heterocycles. The Bertz CT molecular complexity index is 963. The van der Waals surface area contributed by atoms with Gasteiger partial charge in [0.1, 0.15) is 0 Å². The van der Waals surface area contributed by atoms with E-state index in [9.17, 15) is 19.7 Å². The van der Waals surface area contributed by atoms with Crippen molar-refractivity contribution in [2.75, 3.05) is 5.32 Å². The molecule has 0 saturated carbocycles. The van der Waals surface area contributed by atoms with Crippen LogP contribution in [0.5, 0.6) is 0 Å². The molecule has 24 heavy (non-hydrogen) atoms. The summed E-state index contributed by atoms with van der Waals surface area (Å²) in [7, 11) is 0. The van der Waals surface area contributed by atoms with Gasteiger partial charge in [0.25, 0.3) is 11.6 Å². The van der Waals surface area contributed by atoms with Crippen LogP contribution < -0.4 is 11.1 Å². The molecule has 0 aliphatic heterocycles. The van der Waals surface area contributed by atoms with Crippen LogP contribution in [-0.2, 0) is 0 Å². The third kappa shape index (κ3) is 3.08. The summed E-state index contributed by atoms with van der Waals surface area (Å²) in [4.78, 5) is 34.1. The molecule has 3 aromatic rings. The Labute approximate surface area is 139 Å². The Morgan fingerprint density at radius 2 is 1.79 bits per heavy atom. The molecule has 0 unspecified atom stereocenters. The van der Waals surface area contributed by atoms with E-state index in [4.69, 9.17) is 5.73 Å². The Morgan fingerprint density at radius 3 is 2.42 bits per heavy atom. The van der Waals surface area contributed by atoms with E-state index in [-0.39, 0.29) is 11.6 Å². The van der Waals surface area contributed by atoms with Crippen LogP contribution >= 0.6 is 11.3 Å². The van der Waals surface area contributed by atoms with Gasteiger partial charge in [-0.15, -0.1) is 11.3 Å². The summed E-state index contributed by atoms with van der Waals surface area (Å²) in [6.07, 6.45) is 0. The standard InChI is InChI=1S/C16H11N3O4S/c17-15(20)9-1-3-11(4-2-9)18-16(21)14-8-10-7-12(19(22)23)5-6-13(10)24-14/h1-8H,(H2,17,20)(H,18,21). The van der Waals surface area contributed by atoms with Crippen molar-refractivity contribution in [3.63, 3.8) is 0 Å². The molecule has 2 amide bonds.